The van der Waals surface area contributed by atoms with E-state index in [0.29, 0.717) is 36.6 Å². The standard InChI is InChI=1S/C30H30N2O4/c1-22-12-14-26(34)17-28(22)32(18-23-8-4-2-5-9-23)19-29(35)25-13-15-30(27(16-25)31-21-33)36-20-24-10-6-3-7-11-24/h2-17,21,29,34-35H,18-20H2,1H3,(H,31,33). The summed E-state index contributed by atoms with van der Waals surface area (Å²) in [5, 5.41) is 24.0. The molecule has 1 amide bonds. The van der Waals surface area contributed by atoms with Gasteiger partial charge in [-0.1, -0.05) is 72.8 Å². The molecule has 6 nitrogen and oxygen atoms in total. The highest BCUT2D eigenvalue weighted by Gasteiger charge is 2.18. The number of aliphatic hydroxyl groups is 1. The highest BCUT2D eigenvalue weighted by Crippen LogP contribution is 2.32. The van der Waals surface area contributed by atoms with Crippen molar-refractivity contribution in [2.75, 3.05) is 16.8 Å². The monoisotopic (exact) mass is 482 g/mol. The molecule has 1 unspecified atom stereocenters. The maximum atomic E-state index is 11.3. The number of aryl methyl sites for hydroxylation is 1. The smallest absolute Gasteiger partial charge is 0.211 e. The van der Waals surface area contributed by atoms with Crippen LogP contribution in [0.25, 0.3) is 0 Å². The summed E-state index contributed by atoms with van der Waals surface area (Å²) in [7, 11) is 0. The number of anilines is 2. The summed E-state index contributed by atoms with van der Waals surface area (Å²) in [5.74, 6) is 0.687. The summed E-state index contributed by atoms with van der Waals surface area (Å²) in [4.78, 5) is 13.3. The number of amides is 1. The van der Waals surface area contributed by atoms with Crippen LogP contribution in [0.1, 0.15) is 28.4 Å². The van der Waals surface area contributed by atoms with Crippen LogP contribution < -0.4 is 15.0 Å². The molecule has 184 valence electrons. The van der Waals surface area contributed by atoms with Gasteiger partial charge in [0, 0.05) is 24.8 Å². The number of carbonyl (C=O) groups is 1. The number of nitrogens with one attached hydrogen (secondary N) is 1. The van der Waals surface area contributed by atoms with Gasteiger partial charge in [-0.05, 0) is 47.4 Å². The number of rotatable bonds is 11. The number of phenols is 1. The molecule has 0 spiro atoms. The summed E-state index contributed by atoms with van der Waals surface area (Å²) in [5.41, 5.74) is 5.05. The van der Waals surface area contributed by atoms with E-state index in [9.17, 15) is 15.0 Å². The number of aliphatic hydroxyl groups excluding tert-OH is 1. The van der Waals surface area contributed by atoms with Crippen molar-refractivity contribution in [1.82, 2.24) is 0 Å². The van der Waals surface area contributed by atoms with Gasteiger partial charge in [0.2, 0.25) is 6.41 Å². The predicted octanol–water partition coefficient (Wildman–Crippen LogP) is 5.59. The second-order valence-corrected chi connectivity index (χ2v) is 8.64. The number of benzene rings is 4. The van der Waals surface area contributed by atoms with Crippen molar-refractivity contribution in [3.8, 4) is 11.5 Å². The van der Waals surface area contributed by atoms with Crippen LogP contribution in [-0.2, 0) is 17.9 Å². The van der Waals surface area contributed by atoms with Crippen LogP contribution in [0.4, 0.5) is 11.4 Å². The Kier molecular flexibility index (Phi) is 8.21. The quantitative estimate of drug-likeness (QED) is 0.243. The third-order valence-electron chi connectivity index (χ3n) is 5.98. The Labute approximate surface area is 211 Å². The third kappa shape index (κ3) is 6.43. The average Bonchev–Trinajstić information content (AvgIpc) is 2.90. The number of nitrogens with zero attached hydrogens (tertiary/aromatic N) is 1. The first-order valence-electron chi connectivity index (χ1n) is 11.8. The third-order valence-corrected chi connectivity index (χ3v) is 5.98. The summed E-state index contributed by atoms with van der Waals surface area (Å²) >= 11 is 0. The van der Waals surface area contributed by atoms with Gasteiger partial charge in [0.05, 0.1) is 11.8 Å². The van der Waals surface area contributed by atoms with Crippen LogP contribution in [0.3, 0.4) is 0 Å². The summed E-state index contributed by atoms with van der Waals surface area (Å²) < 4.78 is 5.93. The molecule has 1 atom stereocenters. The number of ether oxygens (including phenoxy) is 1. The SMILES string of the molecule is Cc1ccc(O)cc1N(Cc1ccccc1)CC(O)c1ccc(OCc2ccccc2)c(NC=O)c1. The highest BCUT2D eigenvalue weighted by molar-refractivity contribution is 5.76. The van der Waals surface area contributed by atoms with Crippen molar-refractivity contribution in [2.45, 2.75) is 26.2 Å². The van der Waals surface area contributed by atoms with Crippen molar-refractivity contribution in [3.05, 3.63) is 119 Å². The lowest BCUT2D eigenvalue weighted by molar-refractivity contribution is -0.105. The van der Waals surface area contributed by atoms with Gasteiger partial charge in [-0.15, -0.1) is 0 Å². The van der Waals surface area contributed by atoms with Gasteiger partial charge >= 0.3 is 0 Å². The fourth-order valence-electron chi connectivity index (χ4n) is 4.10. The van der Waals surface area contributed by atoms with Crippen molar-refractivity contribution >= 4 is 17.8 Å². The van der Waals surface area contributed by atoms with Gasteiger partial charge in [-0.2, -0.15) is 0 Å². The molecule has 0 aliphatic heterocycles. The highest BCUT2D eigenvalue weighted by atomic mass is 16.5. The van der Waals surface area contributed by atoms with E-state index in [1.165, 1.54) is 0 Å². The molecule has 0 aliphatic carbocycles. The molecule has 4 aromatic rings. The molecule has 0 aromatic heterocycles. The Morgan fingerprint density at radius 1 is 0.917 bits per heavy atom. The second kappa shape index (κ2) is 11.9. The summed E-state index contributed by atoms with van der Waals surface area (Å²) in [6.45, 7) is 3.17. The van der Waals surface area contributed by atoms with Gasteiger partial charge < -0.3 is 25.2 Å². The zero-order valence-corrected chi connectivity index (χ0v) is 20.2. The van der Waals surface area contributed by atoms with Gasteiger partial charge in [-0.3, -0.25) is 4.79 Å². The van der Waals surface area contributed by atoms with E-state index in [0.717, 1.165) is 22.4 Å². The topological polar surface area (TPSA) is 82.0 Å². The number of phenolic OH excluding ortho intramolecular Hbond substituents is 1. The van der Waals surface area contributed by atoms with Gasteiger partial charge in [0.15, 0.2) is 0 Å². The molecule has 4 aromatic carbocycles. The molecule has 3 N–H and O–H groups in total. The van der Waals surface area contributed by atoms with Crippen molar-refractivity contribution < 1.29 is 19.7 Å². The first-order chi connectivity index (χ1) is 17.5. The molecule has 0 radical (unpaired) electrons. The molecular formula is C30H30N2O4. The van der Waals surface area contributed by atoms with E-state index >= 15 is 0 Å². The van der Waals surface area contributed by atoms with E-state index in [4.69, 9.17) is 4.74 Å². The van der Waals surface area contributed by atoms with E-state index in [1.54, 1.807) is 30.3 Å². The minimum Gasteiger partial charge on any atom is -0.508 e. The minimum absolute atomic E-state index is 0.167. The van der Waals surface area contributed by atoms with E-state index in [-0.39, 0.29) is 12.3 Å². The first kappa shape index (κ1) is 24.8. The average molecular weight is 483 g/mol. The fourth-order valence-corrected chi connectivity index (χ4v) is 4.10. The second-order valence-electron chi connectivity index (χ2n) is 8.64. The first-order valence-corrected chi connectivity index (χ1v) is 11.8. The van der Waals surface area contributed by atoms with E-state index in [1.807, 2.05) is 78.6 Å². The lowest BCUT2D eigenvalue weighted by atomic mass is 10.1. The van der Waals surface area contributed by atoms with Crippen LogP contribution in [0, 0.1) is 6.92 Å². The Hall–Kier alpha value is -4.29. The molecule has 0 bridgehead atoms. The Balaban J connectivity index is 1.57. The fraction of sp³-hybridized carbons (Fsp3) is 0.167. The van der Waals surface area contributed by atoms with Crippen molar-refractivity contribution in [2.24, 2.45) is 0 Å². The molecule has 0 heterocycles. The summed E-state index contributed by atoms with van der Waals surface area (Å²) in [6.07, 6.45) is -0.260. The molecular weight excluding hydrogens is 452 g/mol. The van der Waals surface area contributed by atoms with E-state index < -0.39 is 6.10 Å². The van der Waals surface area contributed by atoms with Crippen LogP contribution >= 0.6 is 0 Å². The number of carbonyl (C=O) groups excluding carboxylic acids is 1. The maximum Gasteiger partial charge on any atom is 0.211 e. The number of hydrogen-bond acceptors (Lipinski definition) is 5. The van der Waals surface area contributed by atoms with Crippen LogP contribution in [0.5, 0.6) is 11.5 Å². The van der Waals surface area contributed by atoms with Gasteiger partial charge in [-0.25, -0.2) is 0 Å². The number of hydrogen-bond donors (Lipinski definition) is 3. The lowest BCUT2D eigenvalue weighted by Crippen LogP contribution is -2.29. The zero-order valence-electron chi connectivity index (χ0n) is 20.2. The molecule has 0 saturated carbocycles. The molecule has 0 saturated heterocycles. The van der Waals surface area contributed by atoms with Crippen molar-refractivity contribution in [1.29, 1.82) is 0 Å². The van der Waals surface area contributed by atoms with Gasteiger partial charge in [0.1, 0.15) is 18.1 Å². The minimum atomic E-state index is -0.856. The zero-order chi connectivity index (χ0) is 25.3. The normalized spacial score (nSPS) is 11.5. The predicted molar refractivity (Wildman–Crippen MR) is 142 cm³/mol. The molecule has 0 aliphatic rings. The molecule has 36 heavy (non-hydrogen) atoms. The van der Waals surface area contributed by atoms with Crippen molar-refractivity contribution in [3.63, 3.8) is 0 Å². The van der Waals surface area contributed by atoms with E-state index in [2.05, 4.69) is 5.32 Å². The number of aromatic hydroxyl groups is 1. The van der Waals surface area contributed by atoms with Crippen LogP contribution in [-0.4, -0.2) is 23.2 Å². The molecule has 6 heteroatoms. The van der Waals surface area contributed by atoms with Crippen LogP contribution in [0.15, 0.2) is 97.1 Å². The van der Waals surface area contributed by atoms with Gasteiger partial charge in [0.25, 0.3) is 0 Å². The Bertz CT molecular complexity index is 1280. The summed E-state index contributed by atoms with van der Waals surface area (Å²) in [6, 6.07) is 30.3. The largest absolute Gasteiger partial charge is 0.508 e. The lowest BCUT2D eigenvalue weighted by Gasteiger charge is -2.29. The Morgan fingerprint density at radius 3 is 2.31 bits per heavy atom. The molecule has 4 rings (SSSR count). The maximum absolute atomic E-state index is 11.3. The molecule has 0 fully saturated rings. The van der Waals surface area contributed by atoms with Crippen LogP contribution in [0.2, 0.25) is 0 Å². The Morgan fingerprint density at radius 2 is 1.61 bits per heavy atom.